The van der Waals surface area contributed by atoms with Gasteiger partial charge in [-0.25, -0.2) is 0 Å². The van der Waals surface area contributed by atoms with E-state index in [1.54, 1.807) is 24.3 Å². The van der Waals surface area contributed by atoms with E-state index in [0.717, 1.165) is 22.3 Å². The van der Waals surface area contributed by atoms with Crippen molar-refractivity contribution in [3.63, 3.8) is 0 Å². The number of hydrogen-bond donors (Lipinski definition) is 0. The van der Waals surface area contributed by atoms with Crippen molar-refractivity contribution >= 4 is 23.7 Å². The molecular weight excluding hydrogens is 547 g/mol. The van der Waals surface area contributed by atoms with Crippen molar-refractivity contribution in [1.29, 1.82) is 0 Å². The van der Waals surface area contributed by atoms with Crippen molar-refractivity contribution < 1.29 is 30.0 Å². The predicted octanol–water partition coefficient (Wildman–Crippen LogP) is 7.35. The van der Waals surface area contributed by atoms with Gasteiger partial charge in [0.05, 0.1) is 0 Å². The van der Waals surface area contributed by atoms with E-state index in [1.165, 1.54) is 12.2 Å². The second kappa shape index (κ2) is 17.3. The van der Waals surface area contributed by atoms with Gasteiger partial charge < -0.3 is 9.59 Å². The van der Waals surface area contributed by atoms with Gasteiger partial charge in [-0.2, -0.15) is 0 Å². The van der Waals surface area contributed by atoms with Crippen molar-refractivity contribution in [3.05, 3.63) is 180 Å². The van der Waals surface area contributed by atoms with E-state index >= 15 is 0 Å². The van der Waals surface area contributed by atoms with E-state index in [9.17, 15) is 9.59 Å². The van der Waals surface area contributed by atoms with Crippen LogP contribution in [0, 0.1) is 12.2 Å². The fourth-order valence-corrected chi connectivity index (χ4v) is 2.96. The van der Waals surface area contributed by atoms with Crippen LogP contribution in [-0.2, 0) is 30.0 Å². The van der Waals surface area contributed by atoms with Gasteiger partial charge >= 0.3 is 20.4 Å². The predicted molar refractivity (Wildman–Crippen MR) is 148 cm³/mol. The first kappa shape index (κ1) is 29.1. The molecule has 184 valence electrons. The topological polar surface area (TPSA) is 34.1 Å². The fraction of sp³-hybridized carbons (Fsp3) is 0. The van der Waals surface area contributed by atoms with Crippen molar-refractivity contribution in [2.24, 2.45) is 0 Å². The van der Waals surface area contributed by atoms with Crippen molar-refractivity contribution in [1.82, 2.24) is 0 Å². The van der Waals surface area contributed by atoms with Gasteiger partial charge in [0.25, 0.3) is 0 Å². The van der Waals surface area contributed by atoms with Gasteiger partial charge in [-0.05, 0) is 11.1 Å². The molecule has 0 spiro atoms. The zero-order valence-electron chi connectivity index (χ0n) is 20.1. The number of carbonyl (C=O) groups is 2. The Morgan fingerprint density at radius 2 is 0.757 bits per heavy atom. The molecule has 0 aliphatic heterocycles. The second-order valence-corrected chi connectivity index (χ2v) is 7.60. The summed E-state index contributed by atoms with van der Waals surface area (Å²) < 4.78 is 0. The van der Waals surface area contributed by atoms with Crippen LogP contribution in [0.15, 0.2) is 146 Å². The Labute approximate surface area is 233 Å². The monoisotopic (exact) mass is 572 g/mol. The van der Waals surface area contributed by atoms with Crippen molar-refractivity contribution in [3.8, 4) is 0 Å². The number of allylic oxidation sites excluding steroid dienone is 4. The molecule has 0 radical (unpaired) electrons. The summed E-state index contributed by atoms with van der Waals surface area (Å²) in [5, 5.41) is 0. The zero-order valence-corrected chi connectivity index (χ0v) is 21.7. The van der Waals surface area contributed by atoms with E-state index in [-0.39, 0.29) is 32.0 Å². The minimum atomic E-state index is -0.0669. The van der Waals surface area contributed by atoms with E-state index in [2.05, 4.69) is 12.2 Å². The number of ketones is 2. The quantitative estimate of drug-likeness (QED) is 0.126. The van der Waals surface area contributed by atoms with Crippen LogP contribution in [0.3, 0.4) is 0 Å². The molecule has 0 atom stereocenters. The summed E-state index contributed by atoms with van der Waals surface area (Å²) in [4.78, 5) is 23.2. The molecule has 0 unspecified atom stereocenters. The first-order valence-electron chi connectivity index (χ1n) is 11.5. The first-order chi connectivity index (χ1) is 17.7. The molecule has 4 rings (SSSR count). The minimum Gasteiger partial charge on any atom is -0.347 e. The van der Waals surface area contributed by atoms with Crippen LogP contribution in [0.25, 0.3) is 12.2 Å². The Balaban J connectivity index is 0.000000253. The van der Waals surface area contributed by atoms with Crippen molar-refractivity contribution in [2.75, 3.05) is 0 Å². The third kappa shape index (κ3) is 12.4. The Morgan fingerprint density at radius 3 is 1.08 bits per heavy atom. The van der Waals surface area contributed by atoms with Crippen LogP contribution in [-0.4, -0.2) is 11.6 Å². The van der Waals surface area contributed by atoms with Crippen LogP contribution in [0.4, 0.5) is 0 Å². The largest absolute Gasteiger partial charge is 2.00 e. The maximum Gasteiger partial charge on any atom is 2.00 e. The third-order valence-electron chi connectivity index (χ3n) is 4.79. The van der Waals surface area contributed by atoms with Crippen LogP contribution < -0.4 is 0 Å². The molecule has 3 heteroatoms. The fourth-order valence-electron chi connectivity index (χ4n) is 2.96. The van der Waals surface area contributed by atoms with Crippen molar-refractivity contribution in [2.45, 2.75) is 0 Å². The number of rotatable bonds is 8. The second-order valence-electron chi connectivity index (χ2n) is 7.60. The molecule has 0 fully saturated rings. The van der Waals surface area contributed by atoms with E-state index < -0.39 is 0 Å². The molecule has 0 amide bonds. The molecule has 0 heterocycles. The number of benzene rings is 4. The van der Waals surface area contributed by atoms with Gasteiger partial charge in [-0.3, -0.25) is 0 Å². The van der Waals surface area contributed by atoms with E-state index in [4.69, 9.17) is 0 Å². The number of hydrogen-bond acceptors (Lipinski definition) is 2. The van der Waals surface area contributed by atoms with Gasteiger partial charge in [0, 0.05) is 0 Å². The van der Waals surface area contributed by atoms with E-state index in [0.29, 0.717) is 0 Å². The molecule has 0 aliphatic rings. The first-order valence-corrected chi connectivity index (χ1v) is 11.5. The summed E-state index contributed by atoms with van der Waals surface area (Å²) in [5.74, 6) is -0.134. The molecule has 0 bridgehead atoms. The minimum absolute atomic E-state index is 0. The molecule has 2 nitrogen and oxygen atoms in total. The molecule has 0 aromatic heterocycles. The van der Waals surface area contributed by atoms with E-state index in [1.807, 2.05) is 121 Å². The summed E-state index contributed by atoms with van der Waals surface area (Å²) >= 11 is 0. The molecule has 0 aliphatic carbocycles. The third-order valence-corrected chi connectivity index (χ3v) is 4.79. The smallest absolute Gasteiger partial charge is 0.347 e. The summed E-state index contributed by atoms with van der Waals surface area (Å²) in [5.41, 5.74) is 3.83. The Kier molecular flexibility index (Phi) is 13.6. The molecule has 0 saturated carbocycles. The molecule has 0 saturated heterocycles. The summed E-state index contributed by atoms with van der Waals surface area (Å²) in [6, 6.07) is 38.6. The summed E-state index contributed by atoms with van der Waals surface area (Å²) in [7, 11) is 0. The van der Waals surface area contributed by atoms with Crippen LogP contribution in [0.2, 0.25) is 0 Å². The maximum atomic E-state index is 11.6. The average molecular weight is 573 g/mol. The normalized spacial score (nSPS) is 10.8. The van der Waals surface area contributed by atoms with Gasteiger partial charge in [-0.1, -0.05) is 109 Å². The maximum absolute atomic E-state index is 11.6. The molecule has 37 heavy (non-hydrogen) atoms. The summed E-state index contributed by atoms with van der Waals surface area (Å²) in [6.07, 6.45) is 15.5. The molecule has 0 N–H and O–H groups in total. The molecular formula is C34H26O2Pd. The average Bonchev–Trinajstić information content (AvgIpc) is 2.95. The molecule has 4 aromatic carbocycles. The van der Waals surface area contributed by atoms with Gasteiger partial charge in [0.1, 0.15) is 11.6 Å². The van der Waals surface area contributed by atoms with Crippen LogP contribution in [0.1, 0.15) is 22.3 Å². The Hall–Kier alpha value is -4.16. The standard InChI is InChI=1S/2C17H13O.Pd/c2*18-17(13-11-15-7-3-1-4-8-15)14-12-16-9-5-2-6-10-16;/h2*1-11,13-14H;/q2*-1;+2/b2*13-11+;. The Bertz CT molecular complexity index is 1110. The van der Waals surface area contributed by atoms with Gasteiger partial charge in [0.15, 0.2) is 0 Å². The molecule has 4 aromatic rings. The number of carbonyl (C=O) groups excluding carboxylic acids is 2. The van der Waals surface area contributed by atoms with Crippen LogP contribution in [0.5, 0.6) is 0 Å². The van der Waals surface area contributed by atoms with Crippen LogP contribution >= 0.6 is 0 Å². The SMILES string of the molecule is O=C(C=[C-]c1ccccc1)/C=C/c1ccccc1.O=C(C=[C-]c1ccccc1)/C=C/c1ccccc1.[Pd+2]. The Morgan fingerprint density at radius 1 is 0.459 bits per heavy atom. The van der Waals surface area contributed by atoms with Gasteiger partial charge in [0.2, 0.25) is 0 Å². The van der Waals surface area contributed by atoms with Gasteiger partial charge in [-0.15, -0.1) is 71.8 Å². The summed E-state index contributed by atoms with van der Waals surface area (Å²) in [6.45, 7) is 0. The zero-order chi connectivity index (χ0) is 25.3.